The lowest BCUT2D eigenvalue weighted by molar-refractivity contribution is 0.568. The van der Waals surface area contributed by atoms with Crippen LogP contribution in [0, 0.1) is 0 Å². The first-order valence-electron chi connectivity index (χ1n) is 2.43. The molecular weight excluding hydrogens is 136 g/mol. The maximum Gasteiger partial charge on any atom is 0.183 e. The second kappa shape index (κ2) is 2.99. The molecule has 0 amide bonds. The van der Waals surface area contributed by atoms with E-state index < -0.39 is 0 Å². The molecule has 0 aromatic carbocycles. The molecule has 0 radical (unpaired) electrons. The van der Waals surface area contributed by atoms with Crippen molar-refractivity contribution in [2.24, 2.45) is 0 Å². The van der Waals surface area contributed by atoms with Crippen LogP contribution < -0.4 is 0 Å². The summed E-state index contributed by atoms with van der Waals surface area (Å²) in [7, 11) is 0.983. The van der Waals surface area contributed by atoms with Crippen molar-refractivity contribution < 1.29 is 5.11 Å². The Balaban J connectivity index is 4.23. The number of aliphatic hydroxyl groups excluding tert-OH is 1. The smallest absolute Gasteiger partial charge is 0.183 e. The first kappa shape index (κ1) is 7.85. The molecule has 0 spiro atoms. The van der Waals surface area contributed by atoms with Crippen LogP contribution in [0.5, 0.6) is 0 Å². The van der Waals surface area contributed by atoms with Gasteiger partial charge < -0.3 is 5.11 Å². The van der Waals surface area contributed by atoms with E-state index in [-0.39, 0.29) is 5.05 Å². The third-order valence-corrected chi connectivity index (χ3v) is 2.13. The Labute approximate surface area is 57.8 Å². The second-order valence-electron chi connectivity index (χ2n) is 1.93. The molecule has 0 atom stereocenters. The van der Waals surface area contributed by atoms with Crippen molar-refractivity contribution in [1.82, 2.24) is 0 Å². The summed E-state index contributed by atoms with van der Waals surface area (Å²) in [4.78, 5) is 0. The average Bonchev–Trinajstić information content (AvgIpc) is 1.64. The van der Waals surface area contributed by atoms with Gasteiger partial charge in [0.25, 0.3) is 0 Å². The zero-order valence-electron chi connectivity index (χ0n) is 5.36. The van der Waals surface area contributed by atoms with E-state index in [1.165, 1.54) is 5.20 Å². The summed E-state index contributed by atoms with van der Waals surface area (Å²) in [6, 6.07) is 0. The summed E-state index contributed by atoms with van der Waals surface area (Å²) >= 11 is 4.51. The van der Waals surface area contributed by atoms with Crippen LogP contribution in [0.1, 0.15) is 13.8 Å². The summed E-state index contributed by atoms with van der Waals surface area (Å²) in [5.41, 5.74) is 0.867. The van der Waals surface area contributed by atoms with E-state index in [1.54, 1.807) is 0 Å². The van der Waals surface area contributed by atoms with E-state index in [0.29, 0.717) is 0 Å². The lowest BCUT2D eigenvalue weighted by Crippen LogP contribution is -1.95. The molecule has 0 aromatic rings. The van der Waals surface area contributed by atoms with Crippen LogP contribution >= 0.6 is 12.2 Å². The molecule has 1 N–H and O–H groups in total. The second-order valence-corrected chi connectivity index (χ2v) is 3.82. The summed E-state index contributed by atoms with van der Waals surface area (Å²) < 4.78 is 0. The molecule has 0 aliphatic heterocycles. The first-order valence-corrected chi connectivity index (χ1v) is 3.84. The van der Waals surface area contributed by atoms with Gasteiger partial charge >= 0.3 is 0 Å². The predicted molar refractivity (Wildman–Crippen MR) is 43.5 cm³/mol. The van der Waals surface area contributed by atoms with Gasteiger partial charge in [-0.25, -0.2) is 0 Å². The number of hydrogen-bond donors (Lipinski definition) is 1. The minimum absolute atomic E-state index is 0.0394. The van der Waals surface area contributed by atoms with Gasteiger partial charge in [0.1, 0.15) is 0 Å². The molecule has 3 heteroatoms. The van der Waals surface area contributed by atoms with Crippen molar-refractivity contribution in [1.29, 1.82) is 0 Å². The number of allylic oxidation sites excluding steroid dienone is 1. The monoisotopic (exact) mass is 146 g/mol. The summed E-state index contributed by atoms with van der Waals surface area (Å²) in [6.45, 7) is 3.81. The van der Waals surface area contributed by atoms with Crippen molar-refractivity contribution in [3.63, 3.8) is 0 Å². The van der Waals surface area contributed by atoms with Gasteiger partial charge in [-0.3, -0.25) is 0 Å². The van der Waals surface area contributed by atoms with Crippen LogP contribution in [-0.4, -0.2) is 20.4 Å². The lowest BCUT2D eigenvalue weighted by Gasteiger charge is -1.96. The molecule has 0 aliphatic carbocycles. The Morgan fingerprint density at radius 3 is 1.88 bits per heavy atom. The minimum atomic E-state index is 0.0394. The van der Waals surface area contributed by atoms with E-state index >= 15 is 0 Å². The summed E-state index contributed by atoms with van der Waals surface area (Å²) in [5, 5.41) is 9.93. The van der Waals surface area contributed by atoms with Crippen LogP contribution in [0.2, 0.25) is 0 Å². The van der Waals surface area contributed by atoms with E-state index in [9.17, 15) is 0 Å². The van der Waals surface area contributed by atoms with Crippen LogP contribution in [0.25, 0.3) is 0 Å². The van der Waals surface area contributed by atoms with Gasteiger partial charge in [-0.15, -0.1) is 0 Å². The normalized spacial score (nSPS) is 13.2. The molecule has 0 heterocycles. The topological polar surface area (TPSA) is 20.2 Å². The van der Waals surface area contributed by atoms with E-state index in [4.69, 9.17) is 5.11 Å². The van der Waals surface area contributed by atoms with Crippen LogP contribution in [0.4, 0.5) is 0 Å². The summed E-state index contributed by atoms with van der Waals surface area (Å²) in [5.74, 6) is 0. The van der Waals surface area contributed by atoms with Gasteiger partial charge in [0.15, 0.2) is 5.05 Å². The molecule has 0 bridgehead atoms. The zero-order valence-corrected chi connectivity index (χ0v) is 8.17. The molecule has 8 heavy (non-hydrogen) atoms. The molecule has 0 saturated heterocycles. The Hall–Kier alpha value is -0.153. The highest BCUT2D eigenvalue weighted by molar-refractivity contribution is 7.80. The maximum absolute atomic E-state index is 8.69. The van der Waals surface area contributed by atoms with E-state index in [0.717, 1.165) is 15.8 Å². The van der Waals surface area contributed by atoms with Gasteiger partial charge in [-0.2, -0.15) is 0 Å². The number of thiocarbonyl (C=S) groups is 1. The molecule has 0 rings (SSSR count). The number of hydrogen-bond acceptors (Lipinski definition) is 1. The van der Waals surface area contributed by atoms with Crippen molar-refractivity contribution in [3.05, 3.63) is 10.8 Å². The molecule has 0 fully saturated rings. The van der Waals surface area contributed by atoms with Gasteiger partial charge in [0.2, 0.25) is 0 Å². The van der Waals surface area contributed by atoms with Crippen LogP contribution in [-0.2, 0) is 0 Å². The molecule has 46 valence electrons. The van der Waals surface area contributed by atoms with Gasteiger partial charge in [0.05, 0.1) is 0 Å². The maximum atomic E-state index is 8.69. The highest BCUT2D eigenvalue weighted by atomic mass is 32.1. The number of aliphatic hydroxyl groups is 1. The number of rotatable bonds is 1. The molecule has 0 aliphatic rings. The fraction of sp³-hybridized carbons (Fsp3) is 0.400. The largest absolute Gasteiger partial charge is 0.499 e. The highest BCUT2D eigenvalue weighted by Gasteiger charge is 1.94. The van der Waals surface area contributed by atoms with Crippen molar-refractivity contribution >= 4 is 27.5 Å². The fourth-order valence-electron chi connectivity index (χ4n) is 0.214. The molecule has 0 unspecified atom stereocenters. The van der Waals surface area contributed by atoms with Crippen molar-refractivity contribution in [3.8, 4) is 0 Å². The molecule has 1 nitrogen and oxygen atoms in total. The minimum Gasteiger partial charge on any atom is -0.499 e. The standard InChI is InChI=1S/C5H10OSSi/c1-3(4(2)8)5(6)7/h1-2,8H3,(H,6,7). The SMILES string of the molecule is CC([SiH3])=C(C)C(O)=S. The molecule has 0 aromatic heterocycles. The first-order chi connectivity index (χ1) is 3.55. The quantitative estimate of drug-likeness (QED) is 0.331. The lowest BCUT2D eigenvalue weighted by atomic mass is 10.3. The van der Waals surface area contributed by atoms with Crippen LogP contribution in [0.3, 0.4) is 0 Å². The van der Waals surface area contributed by atoms with Gasteiger partial charge in [-0.05, 0) is 31.6 Å². The van der Waals surface area contributed by atoms with Crippen molar-refractivity contribution in [2.45, 2.75) is 13.8 Å². The Kier molecular flexibility index (Phi) is 2.93. The van der Waals surface area contributed by atoms with Gasteiger partial charge in [-0.1, -0.05) is 5.20 Å². The third-order valence-electron chi connectivity index (χ3n) is 1.07. The molecular formula is C5H10OSSi. The fourth-order valence-corrected chi connectivity index (χ4v) is 0.836. The van der Waals surface area contributed by atoms with Crippen LogP contribution in [0.15, 0.2) is 10.8 Å². The van der Waals surface area contributed by atoms with Gasteiger partial charge in [0, 0.05) is 10.2 Å². The average molecular weight is 146 g/mol. The summed E-state index contributed by atoms with van der Waals surface area (Å²) in [6.07, 6.45) is 0. The predicted octanol–water partition coefficient (Wildman–Crippen LogP) is 0.531. The van der Waals surface area contributed by atoms with E-state index in [1.807, 2.05) is 13.8 Å². The zero-order chi connectivity index (χ0) is 6.73. The molecule has 0 saturated carbocycles. The Morgan fingerprint density at radius 2 is 1.88 bits per heavy atom. The van der Waals surface area contributed by atoms with Crippen molar-refractivity contribution in [2.75, 3.05) is 0 Å². The highest BCUT2D eigenvalue weighted by Crippen LogP contribution is 1.98. The Bertz CT molecular complexity index is 135. The Morgan fingerprint density at radius 1 is 1.50 bits per heavy atom. The van der Waals surface area contributed by atoms with E-state index in [2.05, 4.69) is 12.2 Å². The third kappa shape index (κ3) is 2.23.